The van der Waals surface area contributed by atoms with Crippen molar-refractivity contribution in [2.75, 3.05) is 31.2 Å². The van der Waals surface area contributed by atoms with Crippen LogP contribution < -0.4 is 21.1 Å². The van der Waals surface area contributed by atoms with Crippen LogP contribution in [0, 0.1) is 12.8 Å². The van der Waals surface area contributed by atoms with Crippen LogP contribution in [0.15, 0.2) is 30.3 Å². The maximum absolute atomic E-state index is 12.8. The molecule has 2 aromatic rings. The highest BCUT2D eigenvalue weighted by molar-refractivity contribution is 7.17. The SMILES string of the molecule is CC[C@H](C)[C@H](NC(=O)OCc1ccccc1)C(=O)NNC(=O)c1sc(N2CCOCC2)nc1C. The summed E-state index contributed by atoms with van der Waals surface area (Å²) in [7, 11) is 0. The first-order chi connectivity index (χ1) is 16.4. The standard InChI is InChI=1S/C23H31N5O5S/c1-4-15(2)18(25-23(31)33-14-17-8-6-5-7-9-17)20(29)26-27-21(30)19-16(3)24-22(34-19)28-10-12-32-13-11-28/h5-9,15,18H,4,10-14H2,1-3H3,(H,25,31)(H,26,29)(H,27,30)/t15-,18-/m0/s1. The minimum Gasteiger partial charge on any atom is -0.445 e. The molecule has 0 unspecified atom stereocenters. The Labute approximate surface area is 203 Å². The number of nitrogens with zero attached hydrogens (tertiary/aromatic N) is 2. The molecule has 1 aliphatic rings. The van der Waals surface area contributed by atoms with Gasteiger partial charge in [0.05, 0.1) is 18.9 Å². The number of carbonyl (C=O) groups is 3. The molecule has 184 valence electrons. The topological polar surface area (TPSA) is 122 Å². The average Bonchev–Trinajstić information content (AvgIpc) is 3.26. The summed E-state index contributed by atoms with van der Waals surface area (Å²) in [4.78, 5) is 44.8. The van der Waals surface area contributed by atoms with E-state index >= 15 is 0 Å². The maximum atomic E-state index is 12.8. The Morgan fingerprint density at radius 1 is 1.18 bits per heavy atom. The van der Waals surface area contributed by atoms with Crippen molar-refractivity contribution in [2.24, 2.45) is 5.92 Å². The molecule has 34 heavy (non-hydrogen) atoms. The van der Waals surface area contributed by atoms with Gasteiger partial charge in [0, 0.05) is 13.1 Å². The molecule has 1 fully saturated rings. The van der Waals surface area contributed by atoms with E-state index < -0.39 is 23.9 Å². The van der Waals surface area contributed by atoms with Crippen LogP contribution in [0.4, 0.5) is 9.93 Å². The summed E-state index contributed by atoms with van der Waals surface area (Å²) in [5, 5.41) is 3.35. The lowest BCUT2D eigenvalue weighted by atomic mass is 9.99. The molecule has 1 aliphatic heterocycles. The van der Waals surface area contributed by atoms with Gasteiger partial charge in [-0.05, 0) is 18.4 Å². The maximum Gasteiger partial charge on any atom is 0.408 e. The fourth-order valence-electron chi connectivity index (χ4n) is 3.33. The molecule has 3 amide bonds. The van der Waals surface area contributed by atoms with Crippen molar-refractivity contribution in [2.45, 2.75) is 39.8 Å². The van der Waals surface area contributed by atoms with E-state index in [2.05, 4.69) is 26.1 Å². The largest absolute Gasteiger partial charge is 0.445 e. The van der Waals surface area contributed by atoms with Gasteiger partial charge >= 0.3 is 6.09 Å². The summed E-state index contributed by atoms with van der Waals surface area (Å²) in [6.07, 6.45) is -0.0638. The number of rotatable bonds is 8. The van der Waals surface area contributed by atoms with Crippen LogP contribution in [0.5, 0.6) is 0 Å². The second-order valence-electron chi connectivity index (χ2n) is 8.02. The number of alkyl carbamates (subject to hydrolysis) is 1. The van der Waals surface area contributed by atoms with Gasteiger partial charge in [0.1, 0.15) is 17.5 Å². The predicted octanol–water partition coefficient (Wildman–Crippen LogP) is 2.39. The number of carbonyl (C=O) groups excluding carboxylic acids is 3. The molecule has 0 spiro atoms. The van der Waals surface area contributed by atoms with Crippen LogP contribution >= 0.6 is 11.3 Å². The molecular formula is C23H31N5O5S. The number of thiazole rings is 1. The van der Waals surface area contributed by atoms with Crippen molar-refractivity contribution in [1.82, 2.24) is 21.2 Å². The molecule has 1 saturated heterocycles. The van der Waals surface area contributed by atoms with Crippen LogP contribution in [0.2, 0.25) is 0 Å². The summed E-state index contributed by atoms with van der Waals surface area (Å²) in [5.41, 5.74) is 6.29. The van der Waals surface area contributed by atoms with E-state index in [4.69, 9.17) is 9.47 Å². The Morgan fingerprint density at radius 3 is 2.56 bits per heavy atom. The van der Waals surface area contributed by atoms with Crippen molar-refractivity contribution in [3.63, 3.8) is 0 Å². The number of benzene rings is 1. The lowest BCUT2D eigenvalue weighted by Crippen LogP contribution is -2.54. The molecule has 0 saturated carbocycles. The van der Waals surface area contributed by atoms with Gasteiger partial charge in [-0.1, -0.05) is 61.9 Å². The van der Waals surface area contributed by atoms with Crippen molar-refractivity contribution >= 4 is 34.4 Å². The second-order valence-corrected chi connectivity index (χ2v) is 9.00. The lowest BCUT2D eigenvalue weighted by Gasteiger charge is -2.26. The van der Waals surface area contributed by atoms with Gasteiger partial charge in [0.15, 0.2) is 5.13 Å². The number of aryl methyl sites for hydroxylation is 1. The van der Waals surface area contributed by atoms with E-state index in [-0.39, 0.29) is 12.5 Å². The van der Waals surface area contributed by atoms with Gasteiger partial charge in [-0.15, -0.1) is 0 Å². The first-order valence-electron chi connectivity index (χ1n) is 11.3. The minimum atomic E-state index is -0.875. The zero-order valence-corrected chi connectivity index (χ0v) is 20.4. The third-order valence-electron chi connectivity index (χ3n) is 5.55. The summed E-state index contributed by atoms with van der Waals surface area (Å²) >= 11 is 1.27. The smallest absolute Gasteiger partial charge is 0.408 e. The Morgan fingerprint density at radius 2 is 1.88 bits per heavy atom. The number of nitrogens with one attached hydrogen (secondary N) is 3. The van der Waals surface area contributed by atoms with Crippen LogP contribution in [-0.2, 0) is 20.9 Å². The Bertz CT molecular complexity index is 977. The first-order valence-corrected chi connectivity index (χ1v) is 12.1. The number of aromatic nitrogens is 1. The molecule has 11 heteroatoms. The molecular weight excluding hydrogens is 458 g/mol. The van der Waals surface area contributed by atoms with Crippen LogP contribution in [-0.4, -0.2) is 55.2 Å². The number of amides is 3. The summed E-state index contributed by atoms with van der Waals surface area (Å²) in [6.45, 7) is 8.26. The van der Waals surface area contributed by atoms with Crippen molar-refractivity contribution in [1.29, 1.82) is 0 Å². The molecule has 1 aromatic heterocycles. The Hall–Kier alpha value is -3.18. The first kappa shape index (κ1) is 25.4. The van der Waals surface area contributed by atoms with Crippen molar-refractivity contribution in [3.8, 4) is 0 Å². The monoisotopic (exact) mass is 489 g/mol. The van der Waals surface area contributed by atoms with Gasteiger partial charge in [-0.3, -0.25) is 20.4 Å². The van der Waals surface area contributed by atoms with Gasteiger partial charge in [0.25, 0.3) is 11.8 Å². The molecule has 3 rings (SSSR count). The quantitative estimate of drug-likeness (QED) is 0.487. The number of hydrogen-bond donors (Lipinski definition) is 3. The highest BCUT2D eigenvalue weighted by atomic mass is 32.1. The average molecular weight is 490 g/mol. The van der Waals surface area contributed by atoms with Crippen LogP contribution in [0.1, 0.15) is 41.2 Å². The summed E-state index contributed by atoms with van der Waals surface area (Å²) in [6, 6.07) is 8.38. The number of anilines is 1. The Balaban J connectivity index is 1.55. The molecule has 2 heterocycles. The molecule has 0 bridgehead atoms. The molecule has 2 atom stereocenters. The number of hydrogen-bond acceptors (Lipinski definition) is 8. The summed E-state index contributed by atoms with van der Waals surface area (Å²) < 4.78 is 10.6. The lowest BCUT2D eigenvalue weighted by molar-refractivity contribution is -0.125. The van der Waals surface area contributed by atoms with Gasteiger partial charge in [-0.2, -0.15) is 0 Å². The third kappa shape index (κ3) is 6.91. The number of ether oxygens (including phenoxy) is 2. The zero-order valence-electron chi connectivity index (χ0n) is 19.6. The Kier molecular flexibility index (Phi) is 9.23. The molecule has 1 aromatic carbocycles. The van der Waals surface area contributed by atoms with Crippen molar-refractivity contribution < 1.29 is 23.9 Å². The van der Waals surface area contributed by atoms with Crippen LogP contribution in [0.3, 0.4) is 0 Å². The van der Waals surface area contributed by atoms with E-state index in [0.29, 0.717) is 43.3 Å². The molecule has 0 aliphatic carbocycles. The minimum absolute atomic E-state index is 0.0917. The van der Waals surface area contributed by atoms with E-state index in [1.807, 2.05) is 44.2 Å². The van der Waals surface area contributed by atoms with E-state index in [0.717, 1.165) is 10.7 Å². The van der Waals surface area contributed by atoms with Gasteiger partial charge in [-0.25, -0.2) is 9.78 Å². The zero-order chi connectivity index (χ0) is 24.5. The van der Waals surface area contributed by atoms with E-state index in [1.165, 1.54) is 11.3 Å². The summed E-state index contributed by atoms with van der Waals surface area (Å²) in [5.74, 6) is -1.17. The van der Waals surface area contributed by atoms with E-state index in [9.17, 15) is 14.4 Å². The predicted molar refractivity (Wildman–Crippen MR) is 128 cm³/mol. The van der Waals surface area contributed by atoms with E-state index in [1.54, 1.807) is 6.92 Å². The molecule has 10 nitrogen and oxygen atoms in total. The number of hydrazine groups is 1. The van der Waals surface area contributed by atoms with Crippen molar-refractivity contribution in [3.05, 3.63) is 46.5 Å². The highest BCUT2D eigenvalue weighted by Gasteiger charge is 2.28. The second kappa shape index (κ2) is 12.3. The number of morpholine rings is 1. The van der Waals surface area contributed by atoms with Crippen LogP contribution in [0.25, 0.3) is 0 Å². The fraction of sp³-hybridized carbons (Fsp3) is 0.478. The third-order valence-corrected chi connectivity index (χ3v) is 6.77. The molecule has 3 N–H and O–H groups in total. The normalized spacial score (nSPS) is 15.2. The fourth-order valence-corrected chi connectivity index (χ4v) is 4.34. The van der Waals surface area contributed by atoms with Gasteiger partial charge < -0.3 is 19.7 Å². The highest BCUT2D eigenvalue weighted by Crippen LogP contribution is 2.26. The van der Waals surface area contributed by atoms with Gasteiger partial charge in [0.2, 0.25) is 0 Å². The molecule has 0 radical (unpaired) electrons.